The van der Waals surface area contributed by atoms with Crippen molar-refractivity contribution >= 4 is 10.0 Å². The fourth-order valence-electron chi connectivity index (χ4n) is 2.10. The zero-order chi connectivity index (χ0) is 10.6. The summed E-state index contributed by atoms with van der Waals surface area (Å²) in [6.07, 6.45) is 6.16. The lowest BCUT2D eigenvalue weighted by molar-refractivity contribution is 0.303. The van der Waals surface area contributed by atoms with Gasteiger partial charge in [0.15, 0.2) is 0 Å². The van der Waals surface area contributed by atoms with Crippen LogP contribution in [0, 0.1) is 5.92 Å². The largest absolute Gasteiger partial charge is 0.212 e. The molecule has 4 heteroatoms. The van der Waals surface area contributed by atoms with Crippen LogP contribution in [0.25, 0.3) is 0 Å². The number of nitrogens with one attached hydrogen (secondary N) is 1. The van der Waals surface area contributed by atoms with Gasteiger partial charge in [0, 0.05) is 6.04 Å². The summed E-state index contributed by atoms with van der Waals surface area (Å²) in [6, 6.07) is 0.111. The molecule has 0 saturated heterocycles. The maximum atomic E-state index is 11.3. The van der Waals surface area contributed by atoms with Crippen molar-refractivity contribution in [2.45, 2.75) is 52.0 Å². The van der Waals surface area contributed by atoms with Crippen molar-refractivity contribution in [3.8, 4) is 0 Å². The Kier molecular flexibility index (Phi) is 4.38. The summed E-state index contributed by atoms with van der Waals surface area (Å²) in [5.41, 5.74) is 0. The molecule has 0 aromatic heterocycles. The lowest BCUT2D eigenvalue weighted by Crippen LogP contribution is -2.39. The molecule has 0 heterocycles. The monoisotopic (exact) mass is 219 g/mol. The number of sulfonamides is 1. The SMILES string of the molecule is CCS(=O)(=O)N[C@@H](C)C1CCCCC1. The first-order chi connectivity index (χ1) is 6.55. The molecule has 84 valence electrons. The van der Waals surface area contributed by atoms with Gasteiger partial charge in [0.1, 0.15) is 0 Å². The lowest BCUT2D eigenvalue weighted by atomic mass is 9.85. The molecular formula is C10H21NO2S. The van der Waals surface area contributed by atoms with Crippen molar-refractivity contribution in [3.63, 3.8) is 0 Å². The van der Waals surface area contributed by atoms with E-state index in [1.165, 1.54) is 32.1 Å². The average Bonchev–Trinajstić information content (AvgIpc) is 2.19. The minimum atomic E-state index is -3.02. The second-order valence-corrected chi connectivity index (χ2v) is 6.25. The van der Waals surface area contributed by atoms with Gasteiger partial charge in [-0.15, -0.1) is 0 Å². The molecule has 0 aromatic rings. The quantitative estimate of drug-likeness (QED) is 0.785. The van der Waals surface area contributed by atoms with Gasteiger partial charge in [-0.05, 0) is 32.6 Å². The summed E-state index contributed by atoms with van der Waals surface area (Å²) in [5.74, 6) is 0.731. The van der Waals surface area contributed by atoms with Gasteiger partial charge in [-0.1, -0.05) is 19.3 Å². The zero-order valence-corrected chi connectivity index (χ0v) is 9.94. The minimum Gasteiger partial charge on any atom is -0.212 e. The molecule has 0 radical (unpaired) electrons. The summed E-state index contributed by atoms with van der Waals surface area (Å²) in [5, 5.41) is 0. The van der Waals surface area contributed by atoms with Crippen LogP contribution in [-0.2, 0) is 10.0 Å². The maximum absolute atomic E-state index is 11.3. The van der Waals surface area contributed by atoms with Crippen LogP contribution in [-0.4, -0.2) is 20.2 Å². The molecule has 1 aliphatic carbocycles. The highest BCUT2D eigenvalue weighted by Crippen LogP contribution is 2.26. The Morgan fingerprint density at radius 1 is 1.29 bits per heavy atom. The second-order valence-electron chi connectivity index (χ2n) is 4.21. The van der Waals surface area contributed by atoms with Gasteiger partial charge in [0.05, 0.1) is 5.75 Å². The first kappa shape index (κ1) is 12.0. The summed E-state index contributed by atoms with van der Waals surface area (Å²) in [6.45, 7) is 3.67. The van der Waals surface area contributed by atoms with E-state index in [0.717, 1.165) is 0 Å². The normalized spacial score (nSPS) is 22.1. The van der Waals surface area contributed by atoms with Gasteiger partial charge in [-0.3, -0.25) is 0 Å². The third-order valence-corrected chi connectivity index (χ3v) is 4.59. The highest BCUT2D eigenvalue weighted by molar-refractivity contribution is 7.89. The van der Waals surface area contributed by atoms with Crippen LogP contribution in [0.15, 0.2) is 0 Å². The van der Waals surface area contributed by atoms with Crippen LogP contribution in [0.4, 0.5) is 0 Å². The van der Waals surface area contributed by atoms with E-state index in [-0.39, 0.29) is 11.8 Å². The Balaban J connectivity index is 2.44. The molecule has 0 aliphatic heterocycles. The zero-order valence-electron chi connectivity index (χ0n) is 9.12. The number of rotatable bonds is 4. The third-order valence-electron chi connectivity index (χ3n) is 3.10. The standard InChI is InChI=1S/C10H21NO2S/c1-3-14(12,13)11-9(2)10-7-5-4-6-8-10/h9-11H,3-8H2,1-2H3/t9-/m0/s1. The van der Waals surface area contributed by atoms with Gasteiger partial charge >= 0.3 is 0 Å². The van der Waals surface area contributed by atoms with Crippen LogP contribution < -0.4 is 4.72 Å². The van der Waals surface area contributed by atoms with Gasteiger partial charge < -0.3 is 0 Å². The first-order valence-corrected chi connectivity index (χ1v) is 7.20. The summed E-state index contributed by atoms with van der Waals surface area (Å²) >= 11 is 0. The second kappa shape index (κ2) is 5.12. The van der Waals surface area contributed by atoms with E-state index in [1.807, 2.05) is 6.92 Å². The Labute approximate surface area is 87.3 Å². The Morgan fingerprint density at radius 2 is 1.86 bits per heavy atom. The first-order valence-electron chi connectivity index (χ1n) is 5.55. The molecule has 1 rings (SSSR count). The summed E-state index contributed by atoms with van der Waals surface area (Å²) in [4.78, 5) is 0. The van der Waals surface area contributed by atoms with Crippen LogP contribution in [0.5, 0.6) is 0 Å². The number of hydrogen-bond donors (Lipinski definition) is 1. The van der Waals surface area contributed by atoms with E-state index in [9.17, 15) is 8.42 Å². The topological polar surface area (TPSA) is 46.2 Å². The number of hydrogen-bond acceptors (Lipinski definition) is 2. The van der Waals surface area contributed by atoms with E-state index in [0.29, 0.717) is 5.92 Å². The Bertz CT molecular complexity index is 255. The molecule has 0 spiro atoms. The Morgan fingerprint density at radius 3 is 2.36 bits per heavy atom. The molecule has 0 unspecified atom stereocenters. The van der Waals surface area contributed by atoms with Crippen molar-refractivity contribution in [1.29, 1.82) is 0 Å². The van der Waals surface area contributed by atoms with Crippen LogP contribution in [0.1, 0.15) is 46.0 Å². The maximum Gasteiger partial charge on any atom is 0.211 e. The Hall–Kier alpha value is -0.0900. The molecule has 1 saturated carbocycles. The van der Waals surface area contributed by atoms with E-state index in [4.69, 9.17) is 0 Å². The molecule has 0 aromatic carbocycles. The summed E-state index contributed by atoms with van der Waals surface area (Å²) < 4.78 is 25.4. The molecule has 0 amide bonds. The van der Waals surface area contributed by atoms with Gasteiger partial charge in [-0.2, -0.15) is 0 Å². The summed E-state index contributed by atoms with van der Waals surface area (Å²) in [7, 11) is -3.02. The molecule has 1 atom stereocenters. The van der Waals surface area contributed by atoms with Gasteiger partial charge in [0.2, 0.25) is 10.0 Å². The molecule has 1 N–H and O–H groups in total. The fourth-order valence-corrected chi connectivity index (χ4v) is 3.02. The van der Waals surface area contributed by atoms with Crippen molar-refractivity contribution in [3.05, 3.63) is 0 Å². The van der Waals surface area contributed by atoms with E-state index >= 15 is 0 Å². The lowest BCUT2D eigenvalue weighted by Gasteiger charge is -2.27. The third kappa shape index (κ3) is 3.58. The fraction of sp³-hybridized carbons (Fsp3) is 1.00. The van der Waals surface area contributed by atoms with Crippen molar-refractivity contribution in [2.24, 2.45) is 5.92 Å². The van der Waals surface area contributed by atoms with Gasteiger partial charge in [0.25, 0.3) is 0 Å². The van der Waals surface area contributed by atoms with Gasteiger partial charge in [-0.25, -0.2) is 13.1 Å². The molecule has 14 heavy (non-hydrogen) atoms. The van der Waals surface area contributed by atoms with E-state index in [1.54, 1.807) is 6.92 Å². The molecule has 0 bridgehead atoms. The van der Waals surface area contributed by atoms with Crippen molar-refractivity contribution in [1.82, 2.24) is 4.72 Å². The highest BCUT2D eigenvalue weighted by atomic mass is 32.2. The van der Waals surface area contributed by atoms with Crippen molar-refractivity contribution in [2.75, 3.05) is 5.75 Å². The molecule has 1 aliphatic rings. The highest BCUT2D eigenvalue weighted by Gasteiger charge is 2.22. The molecule has 3 nitrogen and oxygen atoms in total. The van der Waals surface area contributed by atoms with Crippen LogP contribution >= 0.6 is 0 Å². The minimum absolute atomic E-state index is 0.111. The molecule has 1 fully saturated rings. The predicted molar refractivity (Wildman–Crippen MR) is 58.6 cm³/mol. The molecular weight excluding hydrogens is 198 g/mol. The van der Waals surface area contributed by atoms with Crippen molar-refractivity contribution < 1.29 is 8.42 Å². The van der Waals surface area contributed by atoms with E-state index < -0.39 is 10.0 Å². The predicted octanol–water partition coefficient (Wildman–Crippen LogP) is 1.89. The van der Waals surface area contributed by atoms with E-state index in [2.05, 4.69) is 4.72 Å². The smallest absolute Gasteiger partial charge is 0.211 e. The van der Waals surface area contributed by atoms with Crippen LogP contribution in [0.2, 0.25) is 0 Å². The average molecular weight is 219 g/mol. The van der Waals surface area contributed by atoms with Crippen LogP contribution in [0.3, 0.4) is 0 Å².